The maximum absolute atomic E-state index is 13.0. The zero-order valence-corrected chi connectivity index (χ0v) is 9.37. The first-order chi connectivity index (χ1) is 8.20. The van der Waals surface area contributed by atoms with Gasteiger partial charge in [0.2, 0.25) is 0 Å². The molecule has 17 heavy (non-hydrogen) atoms. The van der Waals surface area contributed by atoms with Crippen LogP contribution in [0.5, 0.6) is 0 Å². The van der Waals surface area contributed by atoms with Gasteiger partial charge in [-0.05, 0) is 36.8 Å². The molecular weight excluding hydrogens is 215 g/mol. The van der Waals surface area contributed by atoms with E-state index in [1.54, 1.807) is 6.07 Å². The monoisotopic (exact) mass is 226 g/mol. The van der Waals surface area contributed by atoms with E-state index in [1.807, 2.05) is 37.3 Å². The van der Waals surface area contributed by atoms with Gasteiger partial charge in [0.1, 0.15) is 11.9 Å². The molecule has 3 heteroatoms. The summed E-state index contributed by atoms with van der Waals surface area (Å²) in [4.78, 5) is 0. The Morgan fingerprint density at radius 2 is 1.88 bits per heavy atom. The van der Waals surface area contributed by atoms with Gasteiger partial charge in [-0.15, -0.1) is 0 Å². The number of nitrogens with zero attached hydrogens (tertiary/aromatic N) is 1. The third kappa shape index (κ3) is 2.43. The molecule has 0 radical (unpaired) electrons. The van der Waals surface area contributed by atoms with Gasteiger partial charge in [0.25, 0.3) is 0 Å². The number of rotatable bonds is 2. The van der Waals surface area contributed by atoms with Gasteiger partial charge in [-0.3, -0.25) is 0 Å². The van der Waals surface area contributed by atoms with E-state index in [0.717, 1.165) is 11.3 Å². The van der Waals surface area contributed by atoms with E-state index in [0.29, 0.717) is 11.3 Å². The molecule has 0 saturated heterocycles. The summed E-state index contributed by atoms with van der Waals surface area (Å²) in [6.07, 6.45) is 0. The van der Waals surface area contributed by atoms with Crippen molar-refractivity contribution in [2.45, 2.75) is 6.92 Å². The summed E-state index contributed by atoms with van der Waals surface area (Å²) in [5.74, 6) is -0.406. The minimum Gasteiger partial charge on any atom is -0.354 e. The molecule has 0 unspecified atom stereocenters. The molecule has 2 aromatic rings. The average Bonchev–Trinajstić information content (AvgIpc) is 2.34. The second-order valence-corrected chi connectivity index (χ2v) is 3.74. The van der Waals surface area contributed by atoms with Crippen LogP contribution in [0.25, 0.3) is 0 Å². The number of nitrogens with one attached hydrogen (secondary N) is 1. The Hall–Kier alpha value is -2.34. The lowest BCUT2D eigenvalue weighted by molar-refractivity contribution is 0.627. The second-order valence-electron chi connectivity index (χ2n) is 3.74. The van der Waals surface area contributed by atoms with Crippen molar-refractivity contribution in [2.75, 3.05) is 5.32 Å². The van der Waals surface area contributed by atoms with Crippen molar-refractivity contribution in [1.29, 1.82) is 5.26 Å². The van der Waals surface area contributed by atoms with Crippen molar-refractivity contribution in [1.82, 2.24) is 0 Å². The highest BCUT2D eigenvalue weighted by molar-refractivity contribution is 5.68. The topological polar surface area (TPSA) is 35.8 Å². The number of para-hydroxylation sites is 1. The highest BCUT2D eigenvalue weighted by Gasteiger charge is 2.04. The Morgan fingerprint density at radius 1 is 1.12 bits per heavy atom. The zero-order valence-electron chi connectivity index (χ0n) is 9.37. The molecule has 0 atom stereocenters. The number of hydrogen-bond donors (Lipinski definition) is 1. The van der Waals surface area contributed by atoms with Crippen LogP contribution in [0.4, 0.5) is 15.8 Å². The highest BCUT2D eigenvalue weighted by Crippen LogP contribution is 2.23. The highest BCUT2D eigenvalue weighted by atomic mass is 19.1. The smallest absolute Gasteiger partial charge is 0.124 e. The molecule has 0 aliphatic rings. The minimum absolute atomic E-state index is 0.299. The number of benzene rings is 2. The fraction of sp³-hybridized carbons (Fsp3) is 0.0714. The largest absolute Gasteiger partial charge is 0.354 e. The van der Waals surface area contributed by atoms with E-state index >= 15 is 0 Å². The third-order valence-electron chi connectivity index (χ3n) is 2.52. The molecule has 0 amide bonds. The van der Waals surface area contributed by atoms with E-state index in [9.17, 15) is 4.39 Å². The summed E-state index contributed by atoms with van der Waals surface area (Å²) in [6, 6.07) is 13.8. The van der Waals surface area contributed by atoms with Crippen LogP contribution in [0.1, 0.15) is 11.1 Å². The molecule has 1 N–H and O–H groups in total. The lowest BCUT2D eigenvalue weighted by Gasteiger charge is -2.10. The maximum atomic E-state index is 13.0. The van der Waals surface area contributed by atoms with Gasteiger partial charge in [0.05, 0.1) is 11.3 Å². The molecule has 2 aromatic carbocycles. The molecular formula is C14H11FN2. The van der Waals surface area contributed by atoms with Crippen molar-refractivity contribution < 1.29 is 4.39 Å². The Labute approximate surface area is 99.3 Å². The third-order valence-corrected chi connectivity index (χ3v) is 2.52. The molecule has 0 saturated carbocycles. The molecule has 0 heterocycles. The van der Waals surface area contributed by atoms with Crippen molar-refractivity contribution in [3.63, 3.8) is 0 Å². The van der Waals surface area contributed by atoms with E-state index in [-0.39, 0.29) is 0 Å². The standard InChI is InChI=1S/C14H11FN2/c1-10-4-2-3-5-13(10)17-14-7-6-12(15)8-11(14)9-16/h2-8,17H,1H3. The number of nitriles is 1. The van der Waals surface area contributed by atoms with Gasteiger partial charge < -0.3 is 5.32 Å². The van der Waals surface area contributed by atoms with Gasteiger partial charge in [-0.25, -0.2) is 4.39 Å². The van der Waals surface area contributed by atoms with E-state index in [1.165, 1.54) is 12.1 Å². The summed E-state index contributed by atoms with van der Waals surface area (Å²) in [7, 11) is 0. The lowest BCUT2D eigenvalue weighted by atomic mass is 10.1. The van der Waals surface area contributed by atoms with E-state index in [2.05, 4.69) is 5.32 Å². The first-order valence-corrected chi connectivity index (χ1v) is 5.23. The Balaban J connectivity index is 2.37. The van der Waals surface area contributed by atoms with Gasteiger partial charge in [0, 0.05) is 5.69 Å². The number of hydrogen-bond acceptors (Lipinski definition) is 2. The molecule has 0 fully saturated rings. The van der Waals surface area contributed by atoms with Gasteiger partial charge >= 0.3 is 0 Å². The van der Waals surface area contributed by atoms with Gasteiger partial charge in [-0.1, -0.05) is 18.2 Å². The molecule has 2 nitrogen and oxygen atoms in total. The van der Waals surface area contributed by atoms with Crippen molar-refractivity contribution >= 4 is 11.4 Å². The first kappa shape index (κ1) is 11.2. The molecule has 2 rings (SSSR count). The number of aryl methyl sites for hydroxylation is 1. The number of halogens is 1. The predicted molar refractivity (Wildman–Crippen MR) is 65.6 cm³/mol. The predicted octanol–water partition coefficient (Wildman–Crippen LogP) is 3.75. The Bertz CT molecular complexity index is 585. The molecule has 0 spiro atoms. The average molecular weight is 226 g/mol. The lowest BCUT2D eigenvalue weighted by Crippen LogP contribution is -1.96. The molecule has 0 aromatic heterocycles. The molecule has 0 aliphatic heterocycles. The van der Waals surface area contributed by atoms with Crippen LogP contribution >= 0.6 is 0 Å². The Morgan fingerprint density at radius 3 is 2.59 bits per heavy atom. The quantitative estimate of drug-likeness (QED) is 0.846. The summed E-state index contributed by atoms with van der Waals surface area (Å²) in [5, 5.41) is 12.1. The second kappa shape index (κ2) is 4.67. The van der Waals surface area contributed by atoms with Crippen LogP contribution in [0.3, 0.4) is 0 Å². The van der Waals surface area contributed by atoms with Crippen molar-refractivity contribution in [3.8, 4) is 6.07 Å². The first-order valence-electron chi connectivity index (χ1n) is 5.23. The summed E-state index contributed by atoms with van der Waals surface area (Å²) in [5.41, 5.74) is 2.90. The van der Waals surface area contributed by atoms with Crippen LogP contribution in [-0.4, -0.2) is 0 Å². The van der Waals surface area contributed by atoms with Crippen LogP contribution in [-0.2, 0) is 0 Å². The van der Waals surface area contributed by atoms with Crippen molar-refractivity contribution in [3.05, 3.63) is 59.4 Å². The fourth-order valence-corrected chi connectivity index (χ4v) is 1.58. The zero-order chi connectivity index (χ0) is 12.3. The molecule has 0 bridgehead atoms. The van der Waals surface area contributed by atoms with Gasteiger partial charge in [0.15, 0.2) is 0 Å². The maximum Gasteiger partial charge on any atom is 0.124 e. The SMILES string of the molecule is Cc1ccccc1Nc1ccc(F)cc1C#N. The van der Waals surface area contributed by atoms with Crippen LogP contribution < -0.4 is 5.32 Å². The van der Waals surface area contributed by atoms with Crippen LogP contribution in [0, 0.1) is 24.1 Å². The minimum atomic E-state index is -0.406. The van der Waals surface area contributed by atoms with Crippen LogP contribution in [0.2, 0.25) is 0 Å². The summed E-state index contributed by atoms with van der Waals surface area (Å²) < 4.78 is 13.0. The normalized spacial score (nSPS) is 9.71. The molecule has 84 valence electrons. The van der Waals surface area contributed by atoms with E-state index in [4.69, 9.17) is 5.26 Å². The van der Waals surface area contributed by atoms with Gasteiger partial charge in [-0.2, -0.15) is 5.26 Å². The van der Waals surface area contributed by atoms with Crippen molar-refractivity contribution in [2.24, 2.45) is 0 Å². The van der Waals surface area contributed by atoms with E-state index < -0.39 is 5.82 Å². The Kier molecular flexibility index (Phi) is 3.06. The fourth-order valence-electron chi connectivity index (χ4n) is 1.58. The number of anilines is 2. The summed E-state index contributed by atoms with van der Waals surface area (Å²) >= 11 is 0. The van der Waals surface area contributed by atoms with Crippen LogP contribution in [0.15, 0.2) is 42.5 Å². The summed E-state index contributed by atoms with van der Waals surface area (Å²) in [6.45, 7) is 1.97. The molecule has 0 aliphatic carbocycles.